The van der Waals surface area contributed by atoms with Gasteiger partial charge in [-0.2, -0.15) is 10.1 Å². The second kappa shape index (κ2) is 9.09. The fraction of sp³-hybridized carbons (Fsp3) is 0.0870. The number of aromatic nitrogens is 4. The molecular weight excluding hydrogens is 410 g/mol. The summed E-state index contributed by atoms with van der Waals surface area (Å²) in [5.41, 5.74) is 1.80. The molecule has 4 aromatic rings. The van der Waals surface area contributed by atoms with Gasteiger partial charge >= 0.3 is 0 Å². The normalized spacial score (nSPS) is 11.5. The molecular formula is C23H19N5O4. The summed E-state index contributed by atoms with van der Waals surface area (Å²) in [6.45, 7) is 0. The van der Waals surface area contributed by atoms with E-state index in [1.165, 1.54) is 24.5 Å². The summed E-state index contributed by atoms with van der Waals surface area (Å²) in [4.78, 5) is 21.1. The van der Waals surface area contributed by atoms with Gasteiger partial charge in [0.2, 0.25) is 5.88 Å². The summed E-state index contributed by atoms with van der Waals surface area (Å²) in [6.07, 6.45) is 2.75. The summed E-state index contributed by atoms with van der Waals surface area (Å²) in [7, 11) is 1.57. The van der Waals surface area contributed by atoms with Crippen LogP contribution >= 0.6 is 0 Å². The van der Waals surface area contributed by atoms with Gasteiger partial charge in [0.05, 0.1) is 13.2 Å². The molecule has 0 spiro atoms. The minimum atomic E-state index is -0.568. The number of benzene rings is 2. The number of carbonyl (C=O) groups excluding carboxylic acids is 1. The number of phenolic OH excluding ortho intramolecular Hbond substituents is 1. The van der Waals surface area contributed by atoms with Crippen molar-refractivity contribution in [3.63, 3.8) is 0 Å². The average Bonchev–Trinajstić information content (AvgIpc) is 2.83. The van der Waals surface area contributed by atoms with Crippen LogP contribution in [0.3, 0.4) is 0 Å². The summed E-state index contributed by atoms with van der Waals surface area (Å²) in [5, 5.41) is 30.5. The number of nitrogens with one attached hydrogen (secondary N) is 1. The first-order chi connectivity index (χ1) is 15.5. The standard InChI is InChI=1S/C23H19N5O4/c1-32-17-10-6-15(7-11-17)20(14-4-8-16(29)9-5-14)26-22(30)18-13-24-21(27-23(18)31)19-3-2-12-25-28-19/h2-13,20,29H,1H3,(H,26,30)(H,24,27,31)/t20-/m1/s1. The molecule has 0 saturated heterocycles. The summed E-state index contributed by atoms with van der Waals surface area (Å²) < 4.78 is 5.20. The Morgan fingerprint density at radius 1 is 1.00 bits per heavy atom. The number of nitrogens with zero attached hydrogens (tertiary/aromatic N) is 4. The van der Waals surface area contributed by atoms with E-state index in [-0.39, 0.29) is 17.1 Å². The Bertz CT molecular complexity index is 1220. The van der Waals surface area contributed by atoms with Crippen molar-refractivity contribution in [2.45, 2.75) is 6.04 Å². The van der Waals surface area contributed by atoms with Crippen LogP contribution in [-0.2, 0) is 0 Å². The molecule has 0 radical (unpaired) electrons. The van der Waals surface area contributed by atoms with E-state index in [0.717, 1.165) is 11.1 Å². The second-order valence-corrected chi connectivity index (χ2v) is 6.81. The van der Waals surface area contributed by atoms with E-state index in [4.69, 9.17) is 4.74 Å². The smallest absolute Gasteiger partial charge is 0.259 e. The molecule has 9 heteroatoms. The molecule has 1 atom stereocenters. The first kappa shape index (κ1) is 20.7. The van der Waals surface area contributed by atoms with Crippen molar-refractivity contribution in [2.24, 2.45) is 0 Å². The molecule has 0 saturated carbocycles. The minimum Gasteiger partial charge on any atom is -0.508 e. The molecule has 9 nitrogen and oxygen atoms in total. The van der Waals surface area contributed by atoms with Crippen molar-refractivity contribution >= 4 is 5.91 Å². The molecule has 2 aromatic carbocycles. The van der Waals surface area contributed by atoms with E-state index in [1.807, 2.05) is 12.1 Å². The minimum absolute atomic E-state index is 0.0880. The van der Waals surface area contributed by atoms with Gasteiger partial charge in [0.15, 0.2) is 5.82 Å². The van der Waals surface area contributed by atoms with Crippen LogP contribution in [0.25, 0.3) is 11.5 Å². The summed E-state index contributed by atoms with van der Waals surface area (Å²) in [6, 6.07) is 16.4. The Morgan fingerprint density at radius 3 is 2.28 bits per heavy atom. The second-order valence-electron chi connectivity index (χ2n) is 6.81. The van der Waals surface area contributed by atoms with Crippen LogP contribution in [0.5, 0.6) is 17.4 Å². The maximum atomic E-state index is 13.0. The van der Waals surface area contributed by atoms with Crippen LogP contribution in [0.15, 0.2) is 73.1 Å². The molecule has 3 N–H and O–H groups in total. The lowest BCUT2D eigenvalue weighted by Gasteiger charge is -2.20. The molecule has 32 heavy (non-hydrogen) atoms. The summed E-state index contributed by atoms with van der Waals surface area (Å²) in [5.74, 6) is -0.105. The van der Waals surface area contributed by atoms with Crippen LogP contribution in [0.1, 0.15) is 27.5 Å². The number of methoxy groups -OCH3 is 1. The zero-order valence-electron chi connectivity index (χ0n) is 17.0. The number of phenols is 1. The third-order valence-corrected chi connectivity index (χ3v) is 4.77. The monoisotopic (exact) mass is 429 g/mol. The Labute approximate surface area is 183 Å². The lowest BCUT2D eigenvalue weighted by molar-refractivity contribution is 0.0939. The number of aromatic hydroxyl groups is 2. The fourth-order valence-corrected chi connectivity index (χ4v) is 3.11. The molecule has 0 aliphatic heterocycles. The van der Waals surface area contributed by atoms with Crippen molar-refractivity contribution < 1.29 is 19.7 Å². The highest BCUT2D eigenvalue weighted by molar-refractivity contribution is 5.96. The van der Waals surface area contributed by atoms with Crippen molar-refractivity contribution in [2.75, 3.05) is 7.11 Å². The van der Waals surface area contributed by atoms with Crippen LogP contribution in [0.4, 0.5) is 0 Å². The Hall–Kier alpha value is -4.53. The van der Waals surface area contributed by atoms with Crippen LogP contribution in [-0.4, -0.2) is 43.4 Å². The lowest BCUT2D eigenvalue weighted by atomic mass is 9.98. The zero-order valence-corrected chi connectivity index (χ0v) is 17.0. The molecule has 2 aromatic heterocycles. The van der Waals surface area contributed by atoms with E-state index in [1.54, 1.807) is 43.5 Å². The van der Waals surface area contributed by atoms with Gasteiger partial charge in [-0.3, -0.25) is 4.79 Å². The average molecular weight is 429 g/mol. The van der Waals surface area contributed by atoms with Gasteiger partial charge in [-0.1, -0.05) is 24.3 Å². The quantitative estimate of drug-likeness (QED) is 0.427. The molecule has 4 rings (SSSR count). The molecule has 0 unspecified atom stereocenters. The zero-order chi connectivity index (χ0) is 22.5. The number of hydrogen-bond donors (Lipinski definition) is 3. The number of carbonyl (C=O) groups is 1. The molecule has 0 aliphatic rings. The largest absolute Gasteiger partial charge is 0.508 e. The molecule has 160 valence electrons. The first-order valence-electron chi connectivity index (χ1n) is 9.63. The first-order valence-corrected chi connectivity index (χ1v) is 9.63. The number of hydrogen-bond acceptors (Lipinski definition) is 8. The maximum Gasteiger partial charge on any atom is 0.259 e. The fourth-order valence-electron chi connectivity index (χ4n) is 3.11. The van der Waals surface area contributed by atoms with Gasteiger partial charge in [-0.05, 0) is 47.5 Å². The molecule has 0 aliphatic carbocycles. The van der Waals surface area contributed by atoms with Gasteiger partial charge < -0.3 is 20.3 Å². The number of ether oxygens (including phenoxy) is 1. The van der Waals surface area contributed by atoms with E-state index >= 15 is 0 Å². The van der Waals surface area contributed by atoms with E-state index < -0.39 is 17.8 Å². The molecule has 2 heterocycles. The third-order valence-electron chi connectivity index (χ3n) is 4.77. The van der Waals surface area contributed by atoms with Crippen LogP contribution in [0.2, 0.25) is 0 Å². The van der Waals surface area contributed by atoms with E-state index in [2.05, 4.69) is 25.5 Å². The predicted molar refractivity (Wildman–Crippen MR) is 115 cm³/mol. The molecule has 0 bridgehead atoms. The predicted octanol–water partition coefficient (Wildman–Crippen LogP) is 2.87. The topological polar surface area (TPSA) is 130 Å². The van der Waals surface area contributed by atoms with E-state index in [9.17, 15) is 15.0 Å². The Balaban J connectivity index is 1.64. The van der Waals surface area contributed by atoms with Crippen molar-refractivity contribution in [1.29, 1.82) is 0 Å². The SMILES string of the molecule is COc1ccc([C@H](NC(=O)c2cnc(-c3cccnn3)nc2O)c2ccc(O)cc2)cc1. The molecule has 0 fully saturated rings. The highest BCUT2D eigenvalue weighted by atomic mass is 16.5. The van der Waals surface area contributed by atoms with Gasteiger partial charge in [0, 0.05) is 12.4 Å². The van der Waals surface area contributed by atoms with Gasteiger partial charge in [0.25, 0.3) is 5.91 Å². The van der Waals surface area contributed by atoms with Crippen LogP contribution < -0.4 is 10.1 Å². The Kier molecular flexibility index (Phi) is 5.89. The highest BCUT2D eigenvalue weighted by Gasteiger charge is 2.22. The van der Waals surface area contributed by atoms with Gasteiger partial charge in [-0.25, -0.2) is 4.98 Å². The highest BCUT2D eigenvalue weighted by Crippen LogP contribution is 2.27. The maximum absolute atomic E-state index is 13.0. The lowest BCUT2D eigenvalue weighted by Crippen LogP contribution is -2.29. The van der Waals surface area contributed by atoms with Crippen molar-refractivity contribution in [3.05, 3.63) is 89.7 Å². The van der Waals surface area contributed by atoms with Gasteiger partial charge in [-0.15, -0.1) is 5.10 Å². The Morgan fingerprint density at radius 2 is 1.69 bits per heavy atom. The third kappa shape index (κ3) is 4.46. The number of rotatable bonds is 6. The van der Waals surface area contributed by atoms with Crippen LogP contribution in [0, 0.1) is 0 Å². The van der Waals surface area contributed by atoms with Crippen molar-refractivity contribution in [1.82, 2.24) is 25.5 Å². The van der Waals surface area contributed by atoms with E-state index in [0.29, 0.717) is 11.4 Å². The summed E-state index contributed by atoms with van der Waals surface area (Å²) >= 11 is 0. The number of amides is 1. The van der Waals surface area contributed by atoms with Crippen molar-refractivity contribution in [3.8, 4) is 28.9 Å². The van der Waals surface area contributed by atoms with Gasteiger partial charge in [0.1, 0.15) is 22.8 Å². The molecule has 1 amide bonds.